The number of hydrogen-bond donors (Lipinski definition) is 0. The second-order valence-electron chi connectivity index (χ2n) is 4.87. The van der Waals surface area contributed by atoms with Crippen LogP contribution in [0.1, 0.15) is 12.8 Å². The first-order valence-electron chi connectivity index (χ1n) is 6.63. The van der Waals surface area contributed by atoms with Crippen LogP contribution in [0.15, 0.2) is 36.4 Å². The molecule has 0 aliphatic carbocycles. The number of halogens is 3. The summed E-state index contributed by atoms with van der Waals surface area (Å²) in [5, 5.41) is 2.52. The molecular weight excluding hydrogens is 324 g/mol. The van der Waals surface area contributed by atoms with Gasteiger partial charge in [-0.3, -0.25) is 0 Å². The zero-order chi connectivity index (χ0) is 14.1. The average molecular weight is 338 g/mol. The first-order chi connectivity index (χ1) is 9.70. The normalized spacial score (nSPS) is 11.6. The molecule has 0 aliphatic rings. The molecular formula is C16H14BrF2N. The Morgan fingerprint density at radius 2 is 1.40 bits per heavy atom. The molecule has 0 radical (unpaired) electrons. The van der Waals surface area contributed by atoms with Crippen molar-refractivity contribution in [3.63, 3.8) is 0 Å². The fourth-order valence-electron chi connectivity index (χ4n) is 2.65. The van der Waals surface area contributed by atoms with Crippen molar-refractivity contribution < 1.29 is 8.78 Å². The summed E-state index contributed by atoms with van der Waals surface area (Å²) < 4.78 is 29.1. The number of hydrogen-bond acceptors (Lipinski definition) is 0. The van der Waals surface area contributed by atoms with Gasteiger partial charge in [0, 0.05) is 33.7 Å². The van der Waals surface area contributed by atoms with E-state index in [0.29, 0.717) is 0 Å². The van der Waals surface area contributed by atoms with Gasteiger partial charge in [0.05, 0.1) is 0 Å². The van der Waals surface area contributed by atoms with Gasteiger partial charge in [-0.25, -0.2) is 8.78 Å². The predicted molar refractivity (Wildman–Crippen MR) is 82.4 cm³/mol. The van der Waals surface area contributed by atoms with Gasteiger partial charge in [0.15, 0.2) is 0 Å². The van der Waals surface area contributed by atoms with Crippen LogP contribution in [0, 0.1) is 11.6 Å². The highest BCUT2D eigenvalue weighted by atomic mass is 79.9. The highest BCUT2D eigenvalue weighted by Gasteiger charge is 2.11. The molecule has 0 unspecified atom stereocenters. The lowest BCUT2D eigenvalue weighted by Crippen LogP contribution is -1.98. The first-order valence-corrected chi connectivity index (χ1v) is 7.76. The topological polar surface area (TPSA) is 4.93 Å². The van der Waals surface area contributed by atoms with Crippen molar-refractivity contribution in [1.29, 1.82) is 0 Å². The van der Waals surface area contributed by atoms with Crippen LogP contribution in [0.3, 0.4) is 0 Å². The van der Waals surface area contributed by atoms with E-state index < -0.39 is 0 Å². The van der Waals surface area contributed by atoms with Crippen LogP contribution in [0.2, 0.25) is 0 Å². The van der Waals surface area contributed by atoms with E-state index in [1.54, 1.807) is 12.1 Å². The molecule has 2 aromatic carbocycles. The molecule has 1 heterocycles. The van der Waals surface area contributed by atoms with Gasteiger partial charge in [-0.05, 0) is 49.2 Å². The van der Waals surface area contributed by atoms with Crippen LogP contribution >= 0.6 is 15.9 Å². The third kappa shape index (κ3) is 2.33. The summed E-state index contributed by atoms with van der Waals surface area (Å²) in [6.07, 6.45) is 2.10. The van der Waals surface area contributed by atoms with Gasteiger partial charge in [0.1, 0.15) is 11.6 Å². The SMILES string of the molecule is Fc1ccc2c(c1)c1cc(F)ccc1n2CCCCBr. The van der Waals surface area contributed by atoms with Crippen LogP contribution in [-0.4, -0.2) is 9.90 Å². The highest BCUT2D eigenvalue weighted by molar-refractivity contribution is 9.09. The van der Waals surface area contributed by atoms with Crippen molar-refractivity contribution in [1.82, 2.24) is 4.57 Å². The summed E-state index contributed by atoms with van der Waals surface area (Å²) in [6, 6.07) is 9.43. The number of rotatable bonds is 4. The Labute approximate surface area is 124 Å². The monoisotopic (exact) mass is 337 g/mol. The quantitative estimate of drug-likeness (QED) is 0.452. The molecule has 4 heteroatoms. The van der Waals surface area contributed by atoms with Gasteiger partial charge in [0.25, 0.3) is 0 Å². The lowest BCUT2D eigenvalue weighted by molar-refractivity contribution is 0.628. The maximum Gasteiger partial charge on any atom is 0.123 e. The van der Waals surface area contributed by atoms with Gasteiger partial charge in [-0.15, -0.1) is 0 Å². The number of fused-ring (bicyclic) bond motifs is 3. The van der Waals surface area contributed by atoms with Crippen LogP contribution < -0.4 is 0 Å². The molecule has 0 fully saturated rings. The third-order valence-corrected chi connectivity index (χ3v) is 4.12. The van der Waals surface area contributed by atoms with E-state index in [4.69, 9.17) is 0 Å². The van der Waals surface area contributed by atoms with Crippen molar-refractivity contribution in [3.05, 3.63) is 48.0 Å². The van der Waals surface area contributed by atoms with Crippen LogP contribution in [-0.2, 0) is 6.54 Å². The van der Waals surface area contributed by atoms with E-state index in [-0.39, 0.29) is 11.6 Å². The number of benzene rings is 2. The molecule has 0 spiro atoms. The molecule has 0 N–H and O–H groups in total. The molecule has 20 heavy (non-hydrogen) atoms. The summed E-state index contributed by atoms with van der Waals surface area (Å²) in [5.74, 6) is -0.581. The summed E-state index contributed by atoms with van der Waals surface area (Å²) >= 11 is 3.42. The number of unbranched alkanes of at least 4 members (excludes halogenated alkanes) is 1. The fourth-order valence-corrected chi connectivity index (χ4v) is 3.05. The number of alkyl halides is 1. The second-order valence-corrected chi connectivity index (χ2v) is 5.66. The minimum absolute atomic E-state index is 0.290. The Morgan fingerprint density at radius 1 is 0.850 bits per heavy atom. The molecule has 0 atom stereocenters. The molecule has 0 amide bonds. The number of aromatic nitrogens is 1. The Morgan fingerprint density at radius 3 is 1.90 bits per heavy atom. The van der Waals surface area contributed by atoms with Gasteiger partial charge < -0.3 is 4.57 Å². The van der Waals surface area contributed by atoms with E-state index in [1.165, 1.54) is 24.3 Å². The number of nitrogens with zero attached hydrogens (tertiary/aromatic N) is 1. The van der Waals surface area contributed by atoms with Gasteiger partial charge in [-0.1, -0.05) is 15.9 Å². The van der Waals surface area contributed by atoms with E-state index in [1.807, 2.05) is 0 Å². The first kappa shape index (κ1) is 13.6. The average Bonchev–Trinajstić information content (AvgIpc) is 2.72. The molecule has 0 aliphatic heterocycles. The van der Waals surface area contributed by atoms with Crippen LogP contribution in [0.5, 0.6) is 0 Å². The van der Waals surface area contributed by atoms with E-state index in [0.717, 1.165) is 46.5 Å². The molecule has 0 bridgehead atoms. The minimum Gasteiger partial charge on any atom is -0.340 e. The standard InChI is InChI=1S/C16H14BrF2N/c17-7-1-2-8-20-15-5-3-11(18)9-13(15)14-10-12(19)4-6-16(14)20/h3-6,9-10H,1-2,7-8H2. The van der Waals surface area contributed by atoms with E-state index >= 15 is 0 Å². The lowest BCUT2D eigenvalue weighted by Gasteiger charge is -2.06. The van der Waals surface area contributed by atoms with Crippen molar-refractivity contribution in [2.75, 3.05) is 5.33 Å². The Hall–Kier alpha value is -1.42. The predicted octanol–water partition coefficient (Wildman–Crippen LogP) is 5.25. The summed E-state index contributed by atoms with van der Waals surface area (Å²) in [7, 11) is 0. The maximum absolute atomic E-state index is 13.5. The molecule has 104 valence electrons. The fraction of sp³-hybridized carbons (Fsp3) is 0.250. The Balaban J connectivity index is 2.23. The minimum atomic E-state index is -0.290. The largest absolute Gasteiger partial charge is 0.340 e. The smallest absolute Gasteiger partial charge is 0.123 e. The van der Waals surface area contributed by atoms with Crippen molar-refractivity contribution in [2.45, 2.75) is 19.4 Å². The molecule has 3 rings (SSSR count). The van der Waals surface area contributed by atoms with Gasteiger partial charge in [0.2, 0.25) is 0 Å². The highest BCUT2D eigenvalue weighted by Crippen LogP contribution is 2.30. The molecule has 1 nitrogen and oxygen atoms in total. The lowest BCUT2D eigenvalue weighted by atomic mass is 10.1. The summed E-state index contributed by atoms with van der Waals surface area (Å²) in [6.45, 7) is 0.850. The Bertz CT molecular complexity index is 705. The van der Waals surface area contributed by atoms with Crippen LogP contribution in [0.25, 0.3) is 21.8 Å². The Kier molecular flexibility index (Phi) is 3.74. The van der Waals surface area contributed by atoms with Crippen molar-refractivity contribution in [2.24, 2.45) is 0 Å². The zero-order valence-electron chi connectivity index (χ0n) is 10.9. The van der Waals surface area contributed by atoms with Crippen molar-refractivity contribution >= 4 is 37.7 Å². The van der Waals surface area contributed by atoms with Gasteiger partial charge >= 0.3 is 0 Å². The van der Waals surface area contributed by atoms with Gasteiger partial charge in [-0.2, -0.15) is 0 Å². The summed E-state index contributed by atoms with van der Waals surface area (Å²) in [4.78, 5) is 0. The van der Waals surface area contributed by atoms with Crippen molar-refractivity contribution in [3.8, 4) is 0 Å². The van der Waals surface area contributed by atoms with E-state index in [2.05, 4.69) is 20.5 Å². The third-order valence-electron chi connectivity index (χ3n) is 3.55. The van der Waals surface area contributed by atoms with E-state index in [9.17, 15) is 8.78 Å². The molecule has 3 aromatic rings. The maximum atomic E-state index is 13.5. The molecule has 1 aromatic heterocycles. The number of aryl methyl sites for hydroxylation is 1. The zero-order valence-corrected chi connectivity index (χ0v) is 12.5. The van der Waals surface area contributed by atoms with Crippen LogP contribution in [0.4, 0.5) is 8.78 Å². The summed E-state index contributed by atoms with van der Waals surface area (Å²) in [5.41, 5.74) is 1.92. The molecule has 0 saturated heterocycles. The molecule has 0 saturated carbocycles. The second kappa shape index (κ2) is 5.52.